The first-order valence-electron chi connectivity index (χ1n) is 6.97. The van der Waals surface area contributed by atoms with Crippen molar-refractivity contribution >= 4 is 28.3 Å². The fourth-order valence-corrected chi connectivity index (χ4v) is 2.75. The number of benzene rings is 1. The van der Waals surface area contributed by atoms with Crippen LogP contribution in [0.5, 0.6) is 0 Å². The zero-order valence-corrected chi connectivity index (χ0v) is 13.5. The zero-order valence-electron chi connectivity index (χ0n) is 12.7. The third-order valence-electron chi connectivity index (χ3n) is 3.43. The molecule has 0 saturated carbocycles. The summed E-state index contributed by atoms with van der Waals surface area (Å²) in [6.45, 7) is 6.22. The van der Waals surface area contributed by atoms with Gasteiger partial charge in [0, 0.05) is 10.9 Å². The molecule has 2 heterocycles. The first kappa shape index (κ1) is 14.6. The maximum absolute atomic E-state index is 12.2. The van der Waals surface area contributed by atoms with Crippen LogP contribution < -0.4 is 5.32 Å². The molecule has 0 atom stereocenters. The summed E-state index contributed by atoms with van der Waals surface area (Å²) in [7, 11) is 0. The van der Waals surface area contributed by atoms with Crippen molar-refractivity contribution in [1.29, 1.82) is 0 Å². The van der Waals surface area contributed by atoms with Crippen LogP contribution in [-0.2, 0) is 6.54 Å². The molecule has 0 aliphatic heterocycles. The number of amides is 1. The van der Waals surface area contributed by atoms with E-state index in [2.05, 4.69) is 20.3 Å². The van der Waals surface area contributed by atoms with Crippen molar-refractivity contribution in [3.05, 3.63) is 51.2 Å². The number of carbonyl (C=O) groups is 1. The summed E-state index contributed by atoms with van der Waals surface area (Å²) in [6.07, 6.45) is 0. The van der Waals surface area contributed by atoms with Crippen molar-refractivity contribution < 1.29 is 4.79 Å². The van der Waals surface area contributed by atoms with Crippen LogP contribution in [0, 0.1) is 20.8 Å². The largest absolute Gasteiger partial charge is 0.346 e. The second-order valence-corrected chi connectivity index (χ2v) is 6.20. The van der Waals surface area contributed by atoms with Crippen LogP contribution in [-0.4, -0.2) is 20.9 Å². The van der Waals surface area contributed by atoms with E-state index in [1.165, 1.54) is 0 Å². The Kier molecular flexibility index (Phi) is 3.85. The highest BCUT2D eigenvalue weighted by Gasteiger charge is 2.09. The molecule has 6 heteroatoms. The number of hydrogen-bond acceptors (Lipinski definition) is 5. The van der Waals surface area contributed by atoms with Crippen LogP contribution in [0.25, 0.3) is 11.0 Å². The first-order chi connectivity index (χ1) is 10.5. The van der Waals surface area contributed by atoms with Crippen LogP contribution in [0.4, 0.5) is 0 Å². The van der Waals surface area contributed by atoms with Gasteiger partial charge in [-0.05, 0) is 39.0 Å². The Morgan fingerprint density at radius 1 is 1.09 bits per heavy atom. The lowest BCUT2D eigenvalue weighted by Crippen LogP contribution is -2.23. The summed E-state index contributed by atoms with van der Waals surface area (Å²) in [4.78, 5) is 25.5. The Balaban J connectivity index is 1.80. The number of thiazole rings is 1. The quantitative estimate of drug-likeness (QED) is 0.807. The minimum absolute atomic E-state index is 0.132. The van der Waals surface area contributed by atoms with E-state index in [9.17, 15) is 4.79 Å². The standard InChI is InChI=1S/C16H16N4OS/c1-9-10(2)19-15-6-12(4-5-14(15)18-9)16(21)17-7-13-8-22-11(3)20-13/h4-6,8H,7H2,1-3H3,(H,17,21). The van der Waals surface area contributed by atoms with Gasteiger partial charge in [-0.2, -0.15) is 0 Å². The van der Waals surface area contributed by atoms with E-state index >= 15 is 0 Å². The monoisotopic (exact) mass is 312 g/mol. The molecule has 0 fully saturated rings. The molecule has 0 unspecified atom stereocenters. The van der Waals surface area contributed by atoms with E-state index in [1.54, 1.807) is 23.5 Å². The molecule has 1 aromatic carbocycles. The van der Waals surface area contributed by atoms with Crippen molar-refractivity contribution in [2.45, 2.75) is 27.3 Å². The third-order valence-corrected chi connectivity index (χ3v) is 4.26. The predicted octanol–water partition coefficient (Wildman–Crippen LogP) is 2.94. The lowest BCUT2D eigenvalue weighted by atomic mass is 10.1. The van der Waals surface area contributed by atoms with Crippen molar-refractivity contribution in [3.63, 3.8) is 0 Å². The SMILES string of the molecule is Cc1nc(CNC(=O)c2ccc3nc(C)c(C)nc3c2)cs1. The molecule has 0 aliphatic rings. The molecular weight excluding hydrogens is 296 g/mol. The first-order valence-corrected chi connectivity index (χ1v) is 7.85. The van der Waals surface area contributed by atoms with Crippen LogP contribution in [0.3, 0.4) is 0 Å². The number of fused-ring (bicyclic) bond motifs is 1. The zero-order chi connectivity index (χ0) is 15.7. The Hall–Kier alpha value is -2.34. The lowest BCUT2D eigenvalue weighted by Gasteiger charge is -2.06. The van der Waals surface area contributed by atoms with Gasteiger partial charge in [-0.3, -0.25) is 4.79 Å². The second-order valence-electron chi connectivity index (χ2n) is 5.14. The van der Waals surface area contributed by atoms with Crippen LogP contribution >= 0.6 is 11.3 Å². The Bertz CT molecular complexity index is 856. The third kappa shape index (κ3) is 2.96. The topological polar surface area (TPSA) is 67.8 Å². The molecule has 5 nitrogen and oxygen atoms in total. The van der Waals surface area contributed by atoms with Gasteiger partial charge in [0.2, 0.25) is 0 Å². The molecule has 0 bridgehead atoms. The van der Waals surface area contributed by atoms with Gasteiger partial charge in [0.05, 0.1) is 39.7 Å². The highest BCUT2D eigenvalue weighted by molar-refractivity contribution is 7.09. The van der Waals surface area contributed by atoms with Gasteiger partial charge in [-0.1, -0.05) is 0 Å². The molecule has 3 aromatic rings. The summed E-state index contributed by atoms with van der Waals surface area (Å²) in [5, 5.41) is 5.82. The highest BCUT2D eigenvalue weighted by Crippen LogP contribution is 2.15. The predicted molar refractivity (Wildman–Crippen MR) is 87.0 cm³/mol. The summed E-state index contributed by atoms with van der Waals surface area (Å²) >= 11 is 1.58. The van der Waals surface area contributed by atoms with Crippen molar-refractivity contribution in [3.8, 4) is 0 Å². The summed E-state index contributed by atoms with van der Waals surface area (Å²) in [5.41, 5.74) is 4.78. The van der Waals surface area contributed by atoms with Crippen LogP contribution in [0.2, 0.25) is 0 Å². The molecule has 0 aliphatic carbocycles. The molecule has 1 amide bonds. The van der Waals surface area contributed by atoms with Gasteiger partial charge >= 0.3 is 0 Å². The Labute approximate surface area is 132 Å². The molecule has 3 rings (SSSR count). The maximum atomic E-state index is 12.2. The van der Waals surface area contributed by atoms with Gasteiger partial charge in [-0.15, -0.1) is 11.3 Å². The number of aromatic nitrogens is 3. The molecule has 0 spiro atoms. The molecule has 22 heavy (non-hydrogen) atoms. The van der Waals surface area contributed by atoms with Gasteiger partial charge < -0.3 is 5.32 Å². The molecule has 0 saturated heterocycles. The van der Waals surface area contributed by atoms with Crippen molar-refractivity contribution in [2.24, 2.45) is 0 Å². The van der Waals surface area contributed by atoms with Gasteiger partial charge in [0.15, 0.2) is 0 Å². The normalized spacial score (nSPS) is 10.9. The fraction of sp³-hybridized carbons (Fsp3) is 0.250. The Morgan fingerprint density at radius 3 is 2.50 bits per heavy atom. The van der Waals surface area contributed by atoms with Crippen molar-refractivity contribution in [2.75, 3.05) is 0 Å². The number of aryl methyl sites for hydroxylation is 3. The molecule has 1 N–H and O–H groups in total. The average molecular weight is 312 g/mol. The molecule has 0 radical (unpaired) electrons. The van der Waals surface area contributed by atoms with Gasteiger partial charge in [0.25, 0.3) is 5.91 Å². The lowest BCUT2D eigenvalue weighted by molar-refractivity contribution is 0.0950. The highest BCUT2D eigenvalue weighted by atomic mass is 32.1. The van der Waals surface area contributed by atoms with Gasteiger partial charge in [0.1, 0.15) is 0 Å². The van der Waals surface area contributed by atoms with Gasteiger partial charge in [-0.25, -0.2) is 15.0 Å². The second kappa shape index (κ2) is 5.81. The summed E-state index contributed by atoms with van der Waals surface area (Å²) in [5.74, 6) is -0.132. The van der Waals surface area contributed by atoms with E-state index in [0.717, 1.165) is 33.1 Å². The minimum Gasteiger partial charge on any atom is -0.346 e. The smallest absolute Gasteiger partial charge is 0.251 e. The van der Waals surface area contributed by atoms with E-state index < -0.39 is 0 Å². The number of hydrogen-bond donors (Lipinski definition) is 1. The molecular formula is C16H16N4OS. The van der Waals surface area contributed by atoms with E-state index in [-0.39, 0.29) is 5.91 Å². The van der Waals surface area contributed by atoms with E-state index in [4.69, 9.17) is 0 Å². The molecule has 112 valence electrons. The fourth-order valence-electron chi connectivity index (χ4n) is 2.13. The maximum Gasteiger partial charge on any atom is 0.251 e. The average Bonchev–Trinajstić information content (AvgIpc) is 2.91. The summed E-state index contributed by atoms with van der Waals surface area (Å²) < 4.78 is 0. The number of carbonyl (C=O) groups excluding carboxylic acids is 1. The van der Waals surface area contributed by atoms with E-state index in [0.29, 0.717) is 12.1 Å². The van der Waals surface area contributed by atoms with Crippen LogP contribution in [0.15, 0.2) is 23.6 Å². The Morgan fingerprint density at radius 2 is 1.82 bits per heavy atom. The molecule has 2 aromatic heterocycles. The number of nitrogens with one attached hydrogen (secondary N) is 1. The number of rotatable bonds is 3. The number of nitrogens with zero attached hydrogens (tertiary/aromatic N) is 3. The minimum atomic E-state index is -0.132. The van der Waals surface area contributed by atoms with Crippen LogP contribution in [0.1, 0.15) is 32.4 Å². The van der Waals surface area contributed by atoms with Crippen molar-refractivity contribution in [1.82, 2.24) is 20.3 Å². The van der Waals surface area contributed by atoms with E-state index in [1.807, 2.05) is 32.2 Å². The summed E-state index contributed by atoms with van der Waals surface area (Å²) in [6, 6.07) is 5.38.